The highest BCUT2D eigenvalue weighted by molar-refractivity contribution is 5.91. The van der Waals surface area contributed by atoms with Crippen LogP contribution in [0.25, 0.3) is 0 Å². The van der Waals surface area contributed by atoms with Gasteiger partial charge in [-0.05, 0) is 79.5 Å². The highest BCUT2D eigenvalue weighted by atomic mass is 16.5. The molecule has 0 saturated heterocycles. The van der Waals surface area contributed by atoms with E-state index in [1.165, 1.54) is 51.0 Å². The Morgan fingerprint density at radius 2 is 1.43 bits per heavy atom. The van der Waals surface area contributed by atoms with Gasteiger partial charge in [-0.15, -0.1) is 0 Å². The zero-order valence-corrected chi connectivity index (χ0v) is 16.6. The van der Waals surface area contributed by atoms with Crippen LogP contribution in [0.3, 0.4) is 0 Å². The topological polar surface area (TPSA) is 52.6 Å². The summed E-state index contributed by atoms with van der Waals surface area (Å²) in [4.78, 5) is 23.3. The van der Waals surface area contributed by atoms with E-state index in [-0.39, 0.29) is 5.97 Å². The summed E-state index contributed by atoms with van der Waals surface area (Å²) in [6, 6.07) is 14.2. The number of carbonyl (C=O) groups excluding carboxylic acids is 2. The van der Waals surface area contributed by atoms with Crippen LogP contribution in [0.1, 0.15) is 74.2 Å². The molecule has 2 aromatic carbocycles. The maximum Gasteiger partial charge on any atom is 0.343 e. The van der Waals surface area contributed by atoms with Crippen LogP contribution in [0.4, 0.5) is 0 Å². The Morgan fingerprint density at radius 3 is 1.96 bits per heavy atom. The molecule has 0 N–H and O–H groups in total. The normalized spacial score (nSPS) is 19.1. The Labute approximate surface area is 166 Å². The average molecular weight is 380 g/mol. The number of benzene rings is 2. The largest absolute Gasteiger partial charge is 0.427 e. The quantitative estimate of drug-likeness (QED) is 0.462. The van der Waals surface area contributed by atoms with Crippen LogP contribution in [0.5, 0.6) is 11.5 Å². The summed E-state index contributed by atoms with van der Waals surface area (Å²) in [5, 5.41) is 0. The van der Waals surface area contributed by atoms with Gasteiger partial charge in [0, 0.05) is 6.92 Å². The first-order chi connectivity index (χ1) is 13.5. The van der Waals surface area contributed by atoms with Gasteiger partial charge in [-0.1, -0.05) is 31.9 Å². The van der Waals surface area contributed by atoms with E-state index in [1.54, 1.807) is 24.3 Å². The van der Waals surface area contributed by atoms with E-state index in [2.05, 4.69) is 19.1 Å². The van der Waals surface area contributed by atoms with E-state index < -0.39 is 5.97 Å². The van der Waals surface area contributed by atoms with Crippen molar-refractivity contribution in [2.45, 2.75) is 58.3 Å². The number of hydrogen-bond donors (Lipinski definition) is 0. The zero-order chi connectivity index (χ0) is 19.9. The molecule has 0 atom stereocenters. The maximum atomic E-state index is 12.4. The van der Waals surface area contributed by atoms with E-state index in [1.807, 2.05) is 12.1 Å². The Morgan fingerprint density at radius 1 is 0.857 bits per heavy atom. The SMILES string of the molecule is CCCC1CCC(c2ccc(C(=O)Oc3ccc(OC(C)=O)cc3)cc2)CC1. The molecule has 1 fully saturated rings. The van der Waals surface area contributed by atoms with Gasteiger partial charge in [0.05, 0.1) is 5.56 Å². The molecule has 0 heterocycles. The molecule has 0 unspecified atom stereocenters. The highest BCUT2D eigenvalue weighted by Gasteiger charge is 2.22. The van der Waals surface area contributed by atoms with Crippen LogP contribution in [0, 0.1) is 5.92 Å². The smallest absolute Gasteiger partial charge is 0.343 e. The molecule has 0 bridgehead atoms. The van der Waals surface area contributed by atoms with Gasteiger partial charge in [-0.2, -0.15) is 0 Å². The summed E-state index contributed by atoms with van der Waals surface area (Å²) in [5.41, 5.74) is 1.85. The molecule has 2 aromatic rings. The first-order valence-electron chi connectivity index (χ1n) is 10.2. The molecule has 0 aliphatic heterocycles. The zero-order valence-electron chi connectivity index (χ0n) is 16.6. The van der Waals surface area contributed by atoms with Crippen molar-refractivity contribution in [3.8, 4) is 11.5 Å². The lowest BCUT2D eigenvalue weighted by Gasteiger charge is -2.28. The molecular formula is C24H28O4. The van der Waals surface area contributed by atoms with Crippen LogP contribution in [0.15, 0.2) is 48.5 Å². The van der Waals surface area contributed by atoms with Gasteiger partial charge in [0.1, 0.15) is 11.5 Å². The Balaban J connectivity index is 1.56. The third-order valence-electron chi connectivity index (χ3n) is 5.46. The summed E-state index contributed by atoms with van der Waals surface area (Å²) in [6.07, 6.45) is 7.72. The second-order valence-electron chi connectivity index (χ2n) is 7.58. The van der Waals surface area contributed by atoms with Gasteiger partial charge in [0.25, 0.3) is 0 Å². The molecule has 1 saturated carbocycles. The molecule has 0 spiro atoms. The molecule has 3 rings (SSSR count). The fourth-order valence-electron chi connectivity index (χ4n) is 3.99. The molecule has 4 heteroatoms. The lowest BCUT2D eigenvalue weighted by atomic mass is 9.77. The van der Waals surface area contributed by atoms with Crippen molar-refractivity contribution in [1.29, 1.82) is 0 Å². The summed E-state index contributed by atoms with van der Waals surface area (Å²) in [6.45, 7) is 3.60. The first kappa shape index (κ1) is 20.1. The van der Waals surface area contributed by atoms with E-state index in [9.17, 15) is 9.59 Å². The first-order valence-corrected chi connectivity index (χ1v) is 10.2. The number of ether oxygens (including phenoxy) is 2. The predicted octanol–water partition coefficient (Wildman–Crippen LogP) is 5.91. The van der Waals surface area contributed by atoms with Crippen molar-refractivity contribution < 1.29 is 19.1 Å². The molecule has 148 valence electrons. The Kier molecular flexibility index (Phi) is 6.85. The van der Waals surface area contributed by atoms with Gasteiger partial charge >= 0.3 is 11.9 Å². The minimum Gasteiger partial charge on any atom is -0.427 e. The predicted molar refractivity (Wildman–Crippen MR) is 109 cm³/mol. The molecule has 0 aromatic heterocycles. The molecule has 1 aliphatic rings. The van der Waals surface area contributed by atoms with Crippen molar-refractivity contribution in [3.63, 3.8) is 0 Å². The highest BCUT2D eigenvalue weighted by Crippen LogP contribution is 2.37. The maximum absolute atomic E-state index is 12.4. The third-order valence-corrected chi connectivity index (χ3v) is 5.46. The van der Waals surface area contributed by atoms with Gasteiger partial charge in [0.2, 0.25) is 0 Å². The van der Waals surface area contributed by atoms with Gasteiger partial charge in [-0.25, -0.2) is 4.79 Å². The van der Waals surface area contributed by atoms with E-state index >= 15 is 0 Å². The van der Waals surface area contributed by atoms with Crippen molar-refractivity contribution in [3.05, 3.63) is 59.7 Å². The number of hydrogen-bond acceptors (Lipinski definition) is 4. The fourth-order valence-corrected chi connectivity index (χ4v) is 3.99. The lowest BCUT2D eigenvalue weighted by Crippen LogP contribution is -2.13. The van der Waals surface area contributed by atoms with E-state index in [4.69, 9.17) is 9.47 Å². The molecule has 0 amide bonds. The van der Waals surface area contributed by atoms with Crippen LogP contribution < -0.4 is 9.47 Å². The van der Waals surface area contributed by atoms with E-state index in [0.717, 1.165) is 5.92 Å². The lowest BCUT2D eigenvalue weighted by molar-refractivity contribution is -0.131. The fraction of sp³-hybridized carbons (Fsp3) is 0.417. The molecule has 28 heavy (non-hydrogen) atoms. The van der Waals surface area contributed by atoms with Crippen LogP contribution in [0.2, 0.25) is 0 Å². The minimum atomic E-state index is -0.390. The molecular weight excluding hydrogens is 352 g/mol. The number of rotatable bonds is 6. The standard InChI is InChI=1S/C24H28O4/c1-3-4-18-5-7-19(8-6-18)20-9-11-21(12-10-20)24(26)28-23-15-13-22(14-16-23)27-17(2)25/h9-16,18-19H,3-8H2,1-2H3. The second kappa shape index (κ2) is 9.54. The third kappa shape index (κ3) is 5.44. The summed E-state index contributed by atoms with van der Waals surface area (Å²) in [5.74, 6) is 1.56. The summed E-state index contributed by atoms with van der Waals surface area (Å²) >= 11 is 0. The van der Waals surface area contributed by atoms with Crippen molar-refractivity contribution in [2.24, 2.45) is 5.92 Å². The van der Waals surface area contributed by atoms with Crippen molar-refractivity contribution in [2.75, 3.05) is 0 Å². The van der Waals surface area contributed by atoms with Gasteiger partial charge < -0.3 is 9.47 Å². The number of carbonyl (C=O) groups is 2. The number of esters is 2. The van der Waals surface area contributed by atoms with Crippen molar-refractivity contribution in [1.82, 2.24) is 0 Å². The van der Waals surface area contributed by atoms with Crippen molar-refractivity contribution >= 4 is 11.9 Å². The molecule has 4 nitrogen and oxygen atoms in total. The van der Waals surface area contributed by atoms with Gasteiger partial charge in [-0.3, -0.25) is 4.79 Å². The monoisotopic (exact) mass is 380 g/mol. The summed E-state index contributed by atoms with van der Waals surface area (Å²) < 4.78 is 10.4. The van der Waals surface area contributed by atoms with E-state index in [0.29, 0.717) is 23.0 Å². The van der Waals surface area contributed by atoms with Crippen LogP contribution in [-0.4, -0.2) is 11.9 Å². The van der Waals surface area contributed by atoms with Crippen LogP contribution >= 0.6 is 0 Å². The average Bonchev–Trinajstić information content (AvgIpc) is 2.70. The Hall–Kier alpha value is -2.62. The second-order valence-corrected chi connectivity index (χ2v) is 7.58. The Bertz CT molecular complexity index is 784. The van der Waals surface area contributed by atoms with Crippen LogP contribution in [-0.2, 0) is 4.79 Å². The molecule has 0 radical (unpaired) electrons. The minimum absolute atomic E-state index is 0.385. The molecule has 1 aliphatic carbocycles. The van der Waals surface area contributed by atoms with Gasteiger partial charge in [0.15, 0.2) is 0 Å². The summed E-state index contributed by atoms with van der Waals surface area (Å²) in [7, 11) is 0.